The van der Waals surface area contributed by atoms with E-state index in [1.807, 2.05) is 0 Å². The van der Waals surface area contributed by atoms with Gasteiger partial charge in [0.15, 0.2) is 0 Å². The average Bonchev–Trinajstić information content (AvgIpc) is 2.44. The van der Waals surface area contributed by atoms with E-state index in [0.29, 0.717) is 6.42 Å². The first-order valence-corrected chi connectivity index (χ1v) is 4.46. The molecule has 1 aromatic carbocycles. The highest BCUT2D eigenvalue weighted by molar-refractivity contribution is 5.84. The minimum Gasteiger partial charge on any atom is -0.512 e. The summed E-state index contributed by atoms with van der Waals surface area (Å²) < 4.78 is 12.9. The maximum atomic E-state index is 12.9. The van der Waals surface area contributed by atoms with E-state index in [9.17, 15) is 9.50 Å². The second-order valence-electron chi connectivity index (χ2n) is 3.52. The van der Waals surface area contributed by atoms with Crippen LogP contribution < -0.4 is 0 Å². The molecule has 0 aliphatic heterocycles. The average molecular weight is 190 g/mol. The van der Waals surface area contributed by atoms with Crippen LogP contribution in [0.4, 0.5) is 4.39 Å². The van der Waals surface area contributed by atoms with Gasteiger partial charge >= 0.3 is 0 Å². The lowest BCUT2D eigenvalue weighted by atomic mass is 10.1. The normalized spacial score (nSPS) is 18.3. The molecular weight excluding hydrogens is 179 g/mol. The Kier molecular flexibility index (Phi) is 1.92. The molecule has 1 aliphatic rings. The molecule has 0 fully saturated rings. The molecule has 1 nitrogen and oxygen atoms in total. The van der Waals surface area contributed by atoms with E-state index >= 15 is 0 Å². The van der Waals surface area contributed by atoms with Crippen LogP contribution in [0.15, 0.2) is 36.1 Å². The van der Waals surface area contributed by atoms with Crippen LogP contribution in [0.2, 0.25) is 0 Å². The summed E-state index contributed by atoms with van der Waals surface area (Å²) in [5.74, 6) is 0.00773. The van der Waals surface area contributed by atoms with Crippen LogP contribution >= 0.6 is 0 Å². The van der Waals surface area contributed by atoms with E-state index in [2.05, 4.69) is 6.58 Å². The number of aliphatic hydroxyl groups excluding tert-OH is 1. The molecule has 0 saturated heterocycles. The Bertz CT molecular complexity index is 440. The van der Waals surface area contributed by atoms with Gasteiger partial charge in [-0.25, -0.2) is 4.39 Å². The highest BCUT2D eigenvalue weighted by Crippen LogP contribution is 2.36. The lowest BCUT2D eigenvalue weighted by molar-refractivity contribution is 0.409. The van der Waals surface area contributed by atoms with Gasteiger partial charge in [-0.1, -0.05) is 12.6 Å². The maximum absolute atomic E-state index is 12.9. The third-order valence-corrected chi connectivity index (χ3v) is 2.57. The number of rotatable bonds is 0. The minimum absolute atomic E-state index is 0.262. The van der Waals surface area contributed by atoms with Crippen molar-refractivity contribution in [2.45, 2.75) is 13.3 Å². The van der Waals surface area contributed by atoms with Crippen LogP contribution in [0.25, 0.3) is 5.57 Å². The SMILES string of the molecule is C=C1/C(=C(\C)O)Cc2ccc(F)cc21. The number of hydrogen-bond acceptors (Lipinski definition) is 1. The zero-order valence-electron chi connectivity index (χ0n) is 7.97. The fraction of sp³-hybridized carbons (Fsp3) is 0.167. The van der Waals surface area contributed by atoms with E-state index in [4.69, 9.17) is 0 Å². The summed E-state index contributed by atoms with van der Waals surface area (Å²) in [5, 5.41) is 9.39. The number of hydrogen-bond donors (Lipinski definition) is 1. The van der Waals surface area contributed by atoms with Crippen molar-refractivity contribution in [2.24, 2.45) is 0 Å². The molecule has 2 rings (SSSR count). The standard InChI is InChI=1S/C12H11FO/c1-7-11(8(2)14)5-9-3-4-10(13)6-12(7)9/h3-4,6,14H,1,5H2,2H3/b11-8+. The minimum atomic E-state index is -0.262. The summed E-state index contributed by atoms with van der Waals surface area (Å²) in [6.45, 7) is 5.48. The van der Waals surface area contributed by atoms with E-state index in [-0.39, 0.29) is 11.6 Å². The van der Waals surface area contributed by atoms with Gasteiger partial charge in [-0.05, 0) is 35.8 Å². The molecule has 0 spiro atoms. The van der Waals surface area contributed by atoms with Crippen molar-refractivity contribution < 1.29 is 9.50 Å². The second kappa shape index (κ2) is 2.98. The fourth-order valence-electron chi connectivity index (χ4n) is 1.79. The Morgan fingerprint density at radius 3 is 2.86 bits per heavy atom. The molecule has 0 radical (unpaired) electrons. The van der Waals surface area contributed by atoms with Crippen LogP contribution in [0.3, 0.4) is 0 Å². The van der Waals surface area contributed by atoms with Crippen LogP contribution in [-0.4, -0.2) is 5.11 Å². The topological polar surface area (TPSA) is 20.2 Å². The predicted octanol–water partition coefficient (Wildman–Crippen LogP) is 3.23. The first-order valence-electron chi connectivity index (χ1n) is 4.46. The van der Waals surface area contributed by atoms with Crippen LogP contribution in [0.5, 0.6) is 0 Å². The molecule has 72 valence electrons. The second-order valence-corrected chi connectivity index (χ2v) is 3.52. The van der Waals surface area contributed by atoms with Crippen molar-refractivity contribution >= 4 is 5.57 Å². The number of allylic oxidation sites excluding steroid dienone is 3. The largest absolute Gasteiger partial charge is 0.512 e. The summed E-state index contributed by atoms with van der Waals surface area (Å²) >= 11 is 0. The first kappa shape index (κ1) is 9.00. The Morgan fingerprint density at radius 1 is 1.50 bits per heavy atom. The molecule has 0 saturated carbocycles. The van der Waals surface area contributed by atoms with Gasteiger partial charge in [0.25, 0.3) is 0 Å². The van der Waals surface area contributed by atoms with Crippen molar-refractivity contribution in [1.29, 1.82) is 0 Å². The molecule has 1 aliphatic carbocycles. The highest BCUT2D eigenvalue weighted by atomic mass is 19.1. The van der Waals surface area contributed by atoms with Gasteiger partial charge in [0.2, 0.25) is 0 Å². The molecule has 0 atom stereocenters. The molecule has 0 unspecified atom stereocenters. The van der Waals surface area contributed by atoms with E-state index in [0.717, 1.165) is 22.3 Å². The third-order valence-electron chi connectivity index (χ3n) is 2.57. The molecule has 1 N–H and O–H groups in total. The van der Waals surface area contributed by atoms with Crippen molar-refractivity contribution in [1.82, 2.24) is 0 Å². The molecule has 0 bridgehead atoms. The monoisotopic (exact) mass is 190 g/mol. The Labute approximate surface area is 82.2 Å². The zero-order chi connectivity index (χ0) is 10.3. The number of halogens is 1. The maximum Gasteiger partial charge on any atom is 0.123 e. The van der Waals surface area contributed by atoms with Crippen LogP contribution in [0.1, 0.15) is 18.1 Å². The fourth-order valence-corrected chi connectivity index (χ4v) is 1.79. The Morgan fingerprint density at radius 2 is 2.21 bits per heavy atom. The summed E-state index contributed by atoms with van der Waals surface area (Å²) in [6, 6.07) is 4.64. The van der Waals surface area contributed by atoms with Gasteiger partial charge < -0.3 is 5.11 Å². The van der Waals surface area contributed by atoms with Crippen LogP contribution in [0, 0.1) is 5.82 Å². The van der Waals surface area contributed by atoms with Gasteiger partial charge in [0, 0.05) is 12.0 Å². The molecule has 2 heteroatoms. The molecule has 0 aromatic heterocycles. The van der Waals surface area contributed by atoms with Crippen LogP contribution in [-0.2, 0) is 6.42 Å². The molecule has 14 heavy (non-hydrogen) atoms. The van der Waals surface area contributed by atoms with Gasteiger partial charge in [-0.3, -0.25) is 0 Å². The predicted molar refractivity (Wildman–Crippen MR) is 54.5 cm³/mol. The quantitative estimate of drug-likeness (QED) is 0.623. The molecular formula is C12H11FO. The Hall–Kier alpha value is -1.57. The number of benzene rings is 1. The third kappa shape index (κ3) is 1.23. The zero-order valence-corrected chi connectivity index (χ0v) is 7.97. The van der Waals surface area contributed by atoms with E-state index in [1.54, 1.807) is 13.0 Å². The van der Waals surface area contributed by atoms with E-state index < -0.39 is 0 Å². The van der Waals surface area contributed by atoms with Gasteiger partial charge in [0.1, 0.15) is 5.82 Å². The summed E-state index contributed by atoms with van der Waals surface area (Å²) in [7, 11) is 0. The lowest BCUT2D eigenvalue weighted by Gasteiger charge is -2.00. The van der Waals surface area contributed by atoms with Gasteiger partial charge in [0.05, 0.1) is 5.76 Å². The summed E-state index contributed by atoms with van der Waals surface area (Å²) in [5.41, 5.74) is 3.39. The first-order chi connectivity index (χ1) is 6.59. The van der Waals surface area contributed by atoms with Crippen molar-refractivity contribution in [3.8, 4) is 0 Å². The number of aliphatic hydroxyl groups is 1. The Balaban J connectivity index is 2.57. The number of fused-ring (bicyclic) bond motifs is 1. The van der Waals surface area contributed by atoms with Gasteiger partial charge in [-0.15, -0.1) is 0 Å². The molecule has 1 aromatic rings. The van der Waals surface area contributed by atoms with Crippen molar-refractivity contribution in [3.05, 3.63) is 53.1 Å². The molecule has 0 heterocycles. The smallest absolute Gasteiger partial charge is 0.123 e. The van der Waals surface area contributed by atoms with Gasteiger partial charge in [-0.2, -0.15) is 0 Å². The molecule has 0 amide bonds. The van der Waals surface area contributed by atoms with Crippen molar-refractivity contribution in [2.75, 3.05) is 0 Å². The summed E-state index contributed by atoms with van der Waals surface area (Å²) in [4.78, 5) is 0. The van der Waals surface area contributed by atoms with E-state index in [1.165, 1.54) is 12.1 Å². The summed E-state index contributed by atoms with van der Waals surface area (Å²) in [6.07, 6.45) is 0.650. The highest BCUT2D eigenvalue weighted by Gasteiger charge is 2.21. The van der Waals surface area contributed by atoms with Crippen molar-refractivity contribution in [3.63, 3.8) is 0 Å². The lowest BCUT2D eigenvalue weighted by Crippen LogP contribution is -1.84.